The van der Waals surface area contributed by atoms with Gasteiger partial charge in [-0.2, -0.15) is 0 Å². The van der Waals surface area contributed by atoms with Crippen LogP contribution in [0.4, 0.5) is 0 Å². The van der Waals surface area contributed by atoms with Gasteiger partial charge in [-0.1, -0.05) is 59.3 Å². The molecule has 178 valence electrons. The summed E-state index contributed by atoms with van der Waals surface area (Å²) in [6, 6.07) is 0. The van der Waals surface area contributed by atoms with Gasteiger partial charge in [0.25, 0.3) is 0 Å². The van der Waals surface area contributed by atoms with Crippen LogP contribution in [0.3, 0.4) is 0 Å². The van der Waals surface area contributed by atoms with E-state index in [1.807, 2.05) is 0 Å². The minimum absolute atomic E-state index is 0.00366. The molecule has 0 unspecified atom stereocenters. The summed E-state index contributed by atoms with van der Waals surface area (Å²) in [6.07, 6.45) is 12.6. The van der Waals surface area contributed by atoms with Gasteiger partial charge in [0.05, 0.1) is 6.10 Å². The Bertz CT molecular complexity index is 854. The highest BCUT2D eigenvalue weighted by Gasteiger charge is 2.77. The number of epoxide rings is 1. The number of ketones is 1. The largest absolute Gasteiger partial charge is 0.393 e. The van der Waals surface area contributed by atoms with Crippen LogP contribution < -0.4 is 0 Å². The molecule has 5 rings (SSSR count). The number of hydrogen-bond acceptors (Lipinski definition) is 3. The maximum atomic E-state index is 13.7. The molecular weight excluding hydrogens is 396 g/mol. The van der Waals surface area contributed by atoms with E-state index in [0.717, 1.165) is 25.7 Å². The van der Waals surface area contributed by atoms with E-state index in [9.17, 15) is 9.90 Å². The van der Waals surface area contributed by atoms with Gasteiger partial charge in [-0.15, -0.1) is 0 Å². The van der Waals surface area contributed by atoms with Crippen molar-refractivity contribution in [1.29, 1.82) is 0 Å². The van der Waals surface area contributed by atoms with E-state index in [-0.39, 0.29) is 34.4 Å². The topological polar surface area (TPSA) is 49.8 Å². The third-order valence-electron chi connectivity index (χ3n) is 10.9. The van der Waals surface area contributed by atoms with Gasteiger partial charge in [0.1, 0.15) is 5.60 Å². The zero-order valence-corrected chi connectivity index (χ0v) is 21.1. The van der Waals surface area contributed by atoms with Gasteiger partial charge in [-0.3, -0.25) is 4.79 Å². The third kappa shape index (κ3) is 2.95. The molecule has 9 atom stereocenters. The Balaban J connectivity index is 1.46. The van der Waals surface area contributed by atoms with Crippen molar-refractivity contribution in [2.45, 2.75) is 111 Å². The molecule has 4 fully saturated rings. The number of fused-ring (bicyclic) bond motifs is 3. The Morgan fingerprint density at radius 3 is 2.56 bits per heavy atom. The average Bonchev–Trinajstić information content (AvgIpc) is 3.36. The first-order valence-electron chi connectivity index (χ1n) is 13.4. The van der Waals surface area contributed by atoms with Gasteiger partial charge in [-0.25, -0.2) is 0 Å². The van der Waals surface area contributed by atoms with Crippen LogP contribution in [0, 0.1) is 40.4 Å². The normalized spacial score (nSPS) is 47.2. The van der Waals surface area contributed by atoms with Crippen molar-refractivity contribution in [3.8, 4) is 0 Å². The summed E-state index contributed by atoms with van der Waals surface area (Å²) in [5.41, 5.74) is 2.41. The van der Waals surface area contributed by atoms with Gasteiger partial charge in [0.15, 0.2) is 11.9 Å². The maximum Gasteiger partial charge on any atom is 0.190 e. The minimum Gasteiger partial charge on any atom is -0.393 e. The Labute approximate surface area is 195 Å². The quantitative estimate of drug-likeness (QED) is 0.406. The predicted octanol–water partition coefficient (Wildman–Crippen LogP) is 6.26. The lowest BCUT2D eigenvalue weighted by Gasteiger charge is -2.54. The second-order valence-electron chi connectivity index (χ2n) is 12.7. The fourth-order valence-electron chi connectivity index (χ4n) is 8.79. The van der Waals surface area contributed by atoms with Crippen molar-refractivity contribution in [2.24, 2.45) is 40.4 Å². The molecule has 3 saturated carbocycles. The van der Waals surface area contributed by atoms with Crippen LogP contribution in [-0.4, -0.2) is 28.7 Å². The SMILES string of the molecule is CC[C@@H](C=C[C@@H](C)[C@H]1CCC2=C3C(=O)[C@@H]4O[C@@]45C[C@@H](O)CC[C@]5(C)[C@H]3CC[C@@]21C)C(C)C. The Kier molecular flexibility index (Phi) is 5.38. The van der Waals surface area contributed by atoms with Crippen molar-refractivity contribution in [3.63, 3.8) is 0 Å². The molecular formula is C29H44O3. The predicted molar refractivity (Wildman–Crippen MR) is 128 cm³/mol. The number of aliphatic hydroxyl groups is 1. The van der Waals surface area contributed by atoms with Crippen molar-refractivity contribution in [1.82, 2.24) is 0 Å². The van der Waals surface area contributed by atoms with Crippen molar-refractivity contribution >= 4 is 5.78 Å². The highest BCUT2D eigenvalue weighted by molar-refractivity contribution is 6.04. The van der Waals surface area contributed by atoms with Crippen LogP contribution in [0.1, 0.15) is 92.9 Å². The molecule has 32 heavy (non-hydrogen) atoms. The Morgan fingerprint density at radius 1 is 1.12 bits per heavy atom. The van der Waals surface area contributed by atoms with E-state index in [0.29, 0.717) is 36.0 Å². The first kappa shape index (κ1) is 22.8. The van der Waals surface area contributed by atoms with Crippen molar-refractivity contribution in [2.75, 3.05) is 0 Å². The summed E-state index contributed by atoms with van der Waals surface area (Å²) in [4.78, 5) is 13.7. The molecule has 1 saturated heterocycles. The highest BCUT2D eigenvalue weighted by Crippen LogP contribution is 2.71. The van der Waals surface area contributed by atoms with Crippen LogP contribution in [0.2, 0.25) is 0 Å². The monoisotopic (exact) mass is 440 g/mol. The van der Waals surface area contributed by atoms with E-state index in [4.69, 9.17) is 4.74 Å². The summed E-state index contributed by atoms with van der Waals surface area (Å²) < 4.78 is 6.25. The van der Waals surface area contributed by atoms with Crippen molar-refractivity contribution < 1.29 is 14.6 Å². The smallest absolute Gasteiger partial charge is 0.190 e. The minimum atomic E-state index is -0.385. The Morgan fingerprint density at radius 2 is 1.88 bits per heavy atom. The van der Waals surface area contributed by atoms with Gasteiger partial charge >= 0.3 is 0 Å². The molecule has 1 spiro atoms. The number of Topliss-reactive ketones (excluding diaryl/α,β-unsaturated/α-hetero) is 1. The van der Waals surface area contributed by atoms with E-state index >= 15 is 0 Å². The summed E-state index contributed by atoms with van der Waals surface area (Å²) in [5.74, 6) is 3.09. The molecule has 0 aromatic heterocycles. The molecule has 3 nitrogen and oxygen atoms in total. The zero-order chi connectivity index (χ0) is 23.1. The molecule has 0 aromatic rings. The van der Waals surface area contributed by atoms with E-state index in [2.05, 4.69) is 53.7 Å². The van der Waals surface area contributed by atoms with E-state index < -0.39 is 0 Å². The molecule has 0 radical (unpaired) electrons. The molecule has 5 aliphatic rings. The number of carbonyl (C=O) groups excluding carboxylic acids is 1. The molecule has 0 bridgehead atoms. The Hall–Kier alpha value is -0.930. The lowest BCUT2D eigenvalue weighted by Crippen LogP contribution is -2.56. The fourth-order valence-corrected chi connectivity index (χ4v) is 8.79. The third-order valence-corrected chi connectivity index (χ3v) is 10.9. The summed E-state index contributed by atoms with van der Waals surface area (Å²) in [6.45, 7) is 14.2. The molecule has 1 N–H and O–H groups in total. The first-order chi connectivity index (χ1) is 15.1. The lowest BCUT2D eigenvalue weighted by atomic mass is 9.48. The number of aliphatic hydroxyl groups excluding tert-OH is 1. The van der Waals surface area contributed by atoms with Gasteiger partial charge < -0.3 is 9.84 Å². The summed E-state index contributed by atoms with van der Waals surface area (Å²) >= 11 is 0. The number of allylic oxidation sites excluding steroid dienone is 3. The number of hydrogen-bond donors (Lipinski definition) is 1. The number of carbonyl (C=O) groups is 1. The molecule has 3 heteroatoms. The fraction of sp³-hybridized carbons (Fsp3) is 0.828. The van der Waals surface area contributed by atoms with Crippen LogP contribution in [0.5, 0.6) is 0 Å². The van der Waals surface area contributed by atoms with Gasteiger partial charge in [0, 0.05) is 17.4 Å². The molecule has 1 heterocycles. The van der Waals surface area contributed by atoms with Gasteiger partial charge in [0.2, 0.25) is 0 Å². The molecule has 0 amide bonds. The zero-order valence-electron chi connectivity index (χ0n) is 21.1. The highest BCUT2D eigenvalue weighted by atomic mass is 16.6. The van der Waals surface area contributed by atoms with Crippen LogP contribution in [-0.2, 0) is 9.53 Å². The van der Waals surface area contributed by atoms with Crippen LogP contribution in [0.15, 0.2) is 23.3 Å². The molecule has 0 aromatic carbocycles. The molecule has 4 aliphatic carbocycles. The van der Waals surface area contributed by atoms with E-state index in [1.165, 1.54) is 30.4 Å². The first-order valence-corrected chi connectivity index (χ1v) is 13.4. The van der Waals surface area contributed by atoms with E-state index in [1.54, 1.807) is 0 Å². The molecule has 1 aliphatic heterocycles. The number of rotatable bonds is 5. The second kappa shape index (κ2) is 7.54. The van der Waals surface area contributed by atoms with Crippen LogP contribution in [0.25, 0.3) is 0 Å². The summed E-state index contributed by atoms with van der Waals surface area (Å²) in [7, 11) is 0. The average molecular weight is 441 g/mol. The van der Waals surface area contributed by atoms with Crippen LogP contribution >= 0.6 is 0 Å². The lowest BCUT2D eigenvalue weighted by molar-refractivity contribution is -0.121. The summed E-state index contributed by atoms with van der Waals surface area (Å²) in [5, 5.41) is 10.4. The van der Waals surface area contributed by atoms with Crippen molar-refractivity contribution in [3.05, 3.63) is 23.3 Å². The van der Waals surface area contributed by atoms with Gasteiger partial charge in [-0.05, 0) is 80.0 Å². The standard InChI is InChI=1S/C29H44O3/c1-7-19(17(2)3)9-8-18(4)21-10-11-22-24-23(13-14-27(21,22)5)28(6)15-12-20(30)16-29(28)26(32-29)25(24)31/h8-9,17-21,23,26,30H,7,10-16H2,1-6H3/t18-,19+,20+,21-,23+,26+,27-,28-,29+/m1/s1. The maximum absolute atomic E-state index is 13.7. The second-order valence-corrected chi connectivity index (χ2v) is 12.7. The number of ether oxygens (including phenoxy) is 1.